The molecule has 0 unspecified atom stereocenters. The fraction of sp³-hybridized carbons (Fsp3) is 0.438. The molecule has 1 aliphatic rings. The number of hydrogen-bond donors (Lipinski definition) is 0. The van der Waals surface area contributed by atoms with Crippen molar-refractivity contribution in [3.8, 4) is 5.88 Å². The first-order valence-corrected chi connectivity index (χ1v) is 7.71. The van der Waals surface area contributed by atoms with Gasteiger partial charge in [-0.25, -0.2) is 15.0 Å². The van der Waals surface area contributed by atoms with Crippen molar-refractivity contribution in [2.45, 2.75) is 19.0 Å². The van der Waals surface area contributed by atoms with E-state index in [2.05, 4.69) is 19.9 Å². The van der Waals surface area contributed by atoms with Gasteiger partial charge in [-0.1, -0.05) is 6.07 Å². The molecule has 0 aromatic carbocycles. The topological polar surface area (TPSA) is 51.1 Å². The van der Waals surface area contributed by atoms with E-state index >= 15 is 0 Å². The second-order valence-corrected chi connectivity index (χ2v) is 5.65. The highest BCUT2D eigenvalue weighted by molar-refractivity contribution is 5.28. The Morgan fingerprint density at radius 1 is 1.08 bits per heavy atom. The summed E-state index contributed by atoms with van der Waals surface area (Å²) in [4.78, 5) is 14.1. The Bertz CT molecular complexity index is 658. The average Bonchev–Trinajstić information content (AvgIpc) is 2.61. The number of halogens is 3. The van der Waals surface area contributed by atoms with Crippen molar-refractivity contribution < 1.29 is 17.9 Å². The molecule has 1 aliphatic heterocycles. The zero-order valence-electron chi connectivity index (χ0n) is 12.9. The normalized spacial score (nSPS) is 16.2. The lowest BCUT2D eigenvalue weighted by Gasteiger charge is -2.31. The number of piperidine rings is 1. The van der Waals surface area contributed by atoms with Gasteiger partial charge in [-0.05, 0) is 30.9 Å². The van der Waals surface area contributed by atoms with Crippen LogP contribution in [0.4, 0.5) is 19.1 Å². The summed E-state index contributed by atoms with van der Waals surface area (Å²) >= 11 is 0. The number of hydrogen-bond acceptors (Lipinski definition) is 5. The van der Waals surface area contributed by atoms with Crippen molar-refractivity contribution in [3.05, 3.63) is 42.4 Å². The van der Waals surface area contributed by atoms with E-state index in [-0.39, 0.29) is 11.8 Å². The molecule has 0 bridgehead atoms. The van der Waals surface area contributed by atoms with E-state index in [0.717, 1.165) is 32.0 Å². The summed E-state index contributed by atoms with van der Waals surface area (Å²) in [7, 11) is 0. The van der Waals surface area contributed by atoms with E-state index in [9.17, 15) is 13.2 Å². The molecule has 5 nitrogen and oxygen atoms in total. The molecule has 2 aromatic rings. The molecular weight excluding hydrogens is 321 g/mol. The van der Waals surface area contributed by atoms with Gasteiger partial charge in [-0.15, -0.1) is 0 Å². The lowest BCUT2D eigenvalue weighted by atomic mass is 9.98. The van der Waals surface area contributed by atoms with E-state index in [1.807, 2.05) is 0 Å². The highest BCUT2D eigenvalue weighted by Gasteiger charge is 2.32. The fourth-order valence-corrected chi connectivity index (χ4v) is 2.61. The molecule has 0 spiro atoms. The van der Waals surface area contributed by atoms with Crippen molar-refractivity contribution in [2.24, 2.45) is 5.92 Å². The van der Waals surface area contributed by atoms with Crippen molar-refractivity contribution in [1.82, 2.24) is 15.0 Å². The van der Waals surface area contributed by atoms with E-state index in [0.29, 0.717) is 12.6 Å². The monoisotopic (exact) mass is 338 g/mol. The Morgan fingerprint density at radius 2 is 1.79 bits per heavy atom. The molecular formula is C16H17F3N4O. The average molecular weight is 338 g/mol. The number of nitrogens with zero attached hydrogens (tertiary/aromatic N) is 4. The lowest BCUT2D eigenvalue weighted by Crippen LogP contribution is -2.36. The third kappa shape index (κ3) is 4.12. The molecule has 0 aliphatic carbocycles. The summed E-state index contributed by atoms with van der Waals surface area (Å²) in [6, 6.07) is 5.46. The van der Waals surface area contributed by atoms with Crippen molar-refractivity contribution in [1.29, 1.82) is 0 Å². The maximum atomic E-state index is 12.6. The van der Waals surface area contributed by atoms with Gasteiger partial charge in [0, 0.05) is 31.5 Å². The second-order valence-electron chi connectivity index (χ2n) is 5.65. The number of pyridine rings is 1. The van der Waals surface area contributed by atoms with E-state index in [1.165, 1.54) is 12.1 Å². The first kappa shape index (κ1) is 16.5. The van der Waals surface area contributed by atoms with Crippen LogP contribution >= 0.6 is 0 Å². The van der Waals surface area contributed by atoms with Gasteiger partial charge in [-0.2, -0.15) is 13.2 Å². The van der Waals surface area contributed by atoms with Gasteiger partial charge in [0.2, 0.25) is 11.8 Å². The Kier molecular flexibility index (Phi) is 4.82. The van der Waals surface area contributed by atoms with Crippen LogP contribution in [0.3, 0.4) is 0 Å². The third-order valence-corrected chi connectivity index (χ3v) is 3.93. The molecule has 1 saturated heterocycles. The summed E-state index contributed by atoms with van der Waals surface area (Å²) in [6.07, 6.45) is 0.697. The van der Waals surface area contributed by atoms with Crippen LogP contribution in [0.1, 0.15) is 18.5 Å². The molecule has 1 fully saturated rings. The number of aromatic nitrogens is 3. The molecule has 3 rings (SSSR count). The number of anilines is 1. The summed E-state index contributed by atoms with van der Waals surface area (Å²) in [5, 5.41) is 0. The molecule has 128 valence electrons. The molecule has 0 atom stereocenters. The Morgan fingerprint density at radius 3 is 2.46 bits per heavy atom. The van der Waals surface area contributed by atoms with Crippen LogP contribution in [0, 0.1) is 5.92 Å². The van der Waals surface area contributed by atoms with Gasteiger partial charge in [-0.3, -0.25) is 0 Å². The van der Waals surface area contributed by atoms with Crippen molar-refractivity contribution in [3.63, 3.8) is 0 Å². The van der Waals surface area contributed by atoms with Gasteiger partial charge in [0.05, 0.1) is 6.61 Å². The van der Waals surface area contributed by atoms with E-state index in [1.54, 1.807) is 18.5 Å². The molecule has 8 heteroatoms. The van der Waals surface area contributed by atoms with E-state index in [4.69, 9.17) is 4.74 Å². The Hall–Kier alpha value is -2.38. The van der Waals surface area contributed by atoms with Crippen LogP contribution in [-0.4, -0.2) is 34.6 Å². The zero-order chi connectivity index (χ0) is 17.0. The number of alkyl halides is 3. The summed E-state index contributed by atoms with van der Waals surface area (Å²) in [6.45, 7) is 1.96. The molecule has 0 amide bonds. The van der Waals surface area contributed by atoms with E-state index < -0.39 is 11.9 Å². The summed E-state index contributed by atoms with van der Waals surface area (Å²) in [5.74, 6) is 0.997. The Labute approximate surface area is 137 Å². The minimum atomic E-state index is -4.46. The third-order valence-electron chi connectivity index (χ3n) is 3.93. The van der Waals surface area contributed by atoms with Gasteiger partial charge in [0.25, 0.3) is 0 Å². The first-order valence-electron chi connectivity index (χ1n) is 7.71. The smallest absolute Gasteiger partial charge is 0.433 e. The molecule has 24 heavy (non-hydrogen) atoms. The van der Waals surface area contributed by atoms with Crippen LogP contribution < -0.4 is 9.64 Å². The largest absolute Gasteiger partial charge is 0.477 e. The minimum absolute atomic E-state index is 0.0126. The standard InChI is InChI=1S/C16H17F3N4O/c17-16(18,19)13-3-1-4-14(22-13)24-11-12-5-9-23(10-6-12)15-20-7-2-8-21-15/h1-4,7-8,12H,5-6,9-11H2. The fourth-order valence-electron chi connectivity index (χ4n) is 2.61. The Balaban J connectivity index is 1.50. The van der Waals surface area contributed by atoms with Crippen LogP contribution in [0.2, 0.25) is 0 Å². The first-order chi connectivity index (χ1) is 11.5. The minimum Gasteiger partial charge on any atom is -0.477 e. The quantitative estimate of drug-likeness (QED) is 0.857. The lowest BCUT2D eigenvalue weighted by molar-refractivity contribution is -0.141. The molecule has 2 aromatic heterocycles. The molecule has 3 heterocycles. The highest BCUT2D eigenvalue weighted by atomic mass is 19.4. The molecule has 0 radical (unpaired) electrons. The van der Waals surface area contributed by atoms with Gasteiger partial charge < -0.3 is 9.64 Å². The molecule has 0 saturated carbocycles. The number of ether oxygens (including phenoxy) is 1. The van der Waals surface area contributed by atoms with Gasteiger partial charge in [0.1, 0.15) is 5.69 Å². The van der Waals surface area contributed by atoms with Crippen LogP contribution in [-0.2, 0) is 6.18 Å². The summed E-state index contributed by atoms with van der Waals surface area (Å²) < 4.78 is 43.4. The maximum absolute atomic E-state index is 12.6. The predicted octanol–water partition coefficient (Wildman–Crippen LogP) is 3.19. The zero-order valence-corrected chi connectivity index (χ0v) is 12.9. The second kappa shape index (κ2) is 7.02. The predicted molar refractivity (Wildman–Crippen MR) is 81.7 cm³/mol. The van der Waals surface area contributed by atoms with Gasteiger partial charge in [0.15, 0.2) is 0 Å². The van der Waals surface area contributed by atoms with Crippen molar-refractivity contribution in [2.75, 3.05) is 24.6 Å². The van der Waals surface area contributed by atoms with Gasteiger partial charge >= 0.3 is 6.18 Å². The summed E-state index contributed by atoms with van der Waals surface area (Å²) in [5.41, 5.74) is -0.934. The van der Waals surface area contributed by atoms with Crippen molar-refractivity contribution >= 4 is 5.95 Å². The van der Waals surface area contributed by atoms with Crippen LogP contribution in [0.15, 0.2) is 36.7 Å². The van der Waals surface area contributed by atoms with Crippen LogP contribution in [0.25, 0.3) is 0 Å². The SMILES string of the molecule is FC(F)(F)c1cccc(OCC2CCN(c3ncccn3)CC2)n1. The maximum Gasteiger partial charge on any atom is 0.433 e. The van der Waals surface area contributed by atoms with Crippen LogP contribution in [0.5, 0.6) is 5.88 Å². The number of rotatable bonds is 4. The highest BCUT2D eigenvalue weighted by Crippen LogP contribution is 2.29. The molecule has 0 N–H and O–H groups in total.